The van der Waals surface area contributed by atoms with Gasteiger partial charge in [0.2, 0.25) is 6.79 Å². The molecule has 8 nitrogen and oxygen atoms in total. The minimum absolute atomic E-state index is 0.158. The van der Waals surface area contributed by atoms with Gasteiger partial charge in [0.05, 0.1) is 16.3 Å². The number of rotatable bonds is 7. The fourth-order valence-electron chi connectivity index (χ4n) is 3.01. The van der Waals surface area contributed by atoms with Gasteiger partial charge in [-0.3, -0.25) is 9.59 Å². The maximum Gasteiger partial charge on any atom is 0.329 e. The van der Waals surface area contributed by atoms with Crippen molar-refractivity contribution in [3.05, 3.63) is 87.4 Å². The number of ether oxygens (including phenoxy) is 3. The van der Waals surface area contributed by atoms with Crippen LogP contribution in [0.5, 0.6) is 17.2 Å². The molecule has 0 unspecified atom stereocenters. The molecular weight excluding hydrogens is 481 g/mol. The number of halogens is 2. The third-order valence-corrected chi connectivity index (χ3v) is 5.46. The molecule has 0 saturated carbocycles. The number of fused-ring (bicyclic) bond motifs is 1. The maximum absolute atomic E-state index is 12.0. The van der Waals surface area contributed by atoms with Crippen molar-refractivity contribution >= 4 is 41.2 Å². The Hall–Kier alpha value is -3.75. The summed E-state index contributed by atoms with van der Waals surface area (Å²) in [6, 6.07) is 17.6. The first-order valence-corrected chi connectivity index (χ1v) is 10.9. The topological polar surface area (TPSA) is 98.2 Å². The number of amides is 2. The number of hydrogen-bond donors (Lipinski definition) is 2. The van der Waals surface area contributed by atoms with Gasteiger partial charge in [0.1, 0.15) is 12.4 Å². The van der Waals surface area contributed by atoms with Gasteiger partial charge in [0.25, 0.3) is 0 Å². The summed E-state index contributed by atoms with van der Waals surface area (Å²) in [6.45, 7) is 0.625. The molecule has 1 aliphatic heterocycles. The van der Waals surface area contributed by atoms with Crippen molar-refractivity contribution < 1.29 is 23.8 Å². The van der Waals surface area contributed by atoms with Gasteiger partial charge in [-0.15, -0.1) is 0 Å². The van der Waals surface area contributed by atoms with Gasteiger partial charge in [-0.1, -0.05) is 47.5 Å². The molecule has 0 radical (unpaired) electrons. The van der Waals surface area contributed by atoms with Crippen molar-refractivity contribution in [2.75, 3.05) is 6.79 Å². The number of carbonyl (C=O) groups excluding carboxylic acids is 2. The van der Waals surface area contributed by atoms with Crippen LogP contribution in [0, 0.1) is 0 Å². The Morgan fingerprint density at radius 1 is 0.941 bits per heavy atom. The fraction of sp³-hybridized carbons (Fsp3) is 0.125. The maximum atomic E-state index is 12.0. The summed E-state index contributed by atoms with van der Waals surface area (Å²) in [5, 5.41) is 7.30. The molecule has 4 rings (SSSR count). The minimum Gasteiger partial charge on any atom is -0.489 e. The summed E-state index contributed by atoms with van der Waals surface area (Å²) in [5.74, 6) is 0.148. The monoisotopic (exact) mass is 499 g/mol. The first-order chi connectivity index (χ1) is 16.5. The van der Waals surface area contributed by atoms with Crippen molar-refractivity contribution in [1.82, 2.24) is 10.7 Å². The van der Waals surface area contributed by atoms with Crippen LogP contribution >= 0.6 is 23.2 Å². The Bertz CT molecular complexity index is 1250. The van der Waals surface area contributed by atoms with E-state index in [1.165, 1.54) is 6.21 Å². The van der Waals surface area contributed by atoms with Gasteiger partial charge < -0.3 is 19.5 Å². The van der Waals surface area contributed by atoms with Crippen LogP contribution in [0.4, 0.5) is 0 Å². The summed E-state index contributed by atoms with van der Waals surface area (Å²) < 4.78 is 16.3. The number of benzene rings is 3. The molecule has 10 heteroatoms. The molecule has 0 atom stereocenters. The third kappa shape index (κ3) is 6.18. The molecule has 3 aromatic carbocycles. The molecular formula is C24H19Cl2N3O5. The number of hydrogen-bond acceptors (Lipinski definition) is 6. The van der Waals surface area contributed by atoms with Crippen LogP contribution in [-0.4, -0.2) is 24.8 Å². The van der Waals surface area contributed by atoms with Gasteiger partial charge in [0.15, 0.2) is 11.5 Å². The summed E-state index contributed by atoms with van der Waals surface area (Å²) >= 11 is 11.9. The van der Waals surface area contributed by atoms with Crippen LogP contribution in [0.15, 0.2) is 65.8 Å². The second kappa shape index (κ2) is 10.9. The van der Waals surface area contributed by atoms with E-state index in [0.29, 0.717) is 39.5 Å². The zero-order valence-electron chi connectivity index (χ0n) is 17.7. The first-order valence-electron chi connectivity index (χ1n) is 10.1. The lowest BCUT2D eigenvalue weighted by Crippen LogP contribution is -2.37. The molecule has 0 fully saturated rings. The molecule has 0 aromatic heterocycles. The highest BCUT2D eigenvalue weighted by Gasteiger charge is 2.15. The quantitative estimate of drug-likeness (QED) is 0.290. The molecule has 34 heavy (non-hydrogen) atoms. The van der Waals surface area contributed by atoms with Crippen molar-refractivity contribution in [2.45, 2.75) is 13.2 Å². The summed E-state index contributed by atoms with van der Waals surface area (Å²) in [6.07, 6.45) is 1.41. The SMILES string of the molecule is O=C(NCc1ccc2c(c1)OCO2)C(=O)N/N=C\c1cccc(OCc2ccc(Cl)c(Cl)c2)c1. The van der Waals surface area contributed by atoms with Crippen molar-refractivity contribution in [3.63, 3.8) is 0 Å². The lowest BCUT2D eigenvalue weighted by Gasteiger charge is -2.08. The highest BCUT2D eigenvalue weighted by Crippen LogP contribution is 2.32. The van der Waals surface area contributed by atoms with E-state index in [1.807, 2.05) is 6.07 Å². The van der Waals surface area contributed by atoms with E-state index in [0.717, 1.165) is 11.1 Å². The average molecular weight is 500 g/mol. The highest BCUT2D eigenvalue weighted by molar-refractivity contribution is 6.42. The fourth-order valence-corrected chi connectivity index (χ4v) is 3.33. The van der Waals surface area contributed by atoms with Crippen molar-refractivity contribution in [3.8, 4) is 17.2 Å². The van der Waals surface area contributed by atoms with E-state index in [-0.39, 0.29) is 13.3 Å². The second-order valence-electron chi connectivity index (χ2n) is 7.18. The molecule has 2 N–H and O–H groups in total. The molecule has 1 heterocycles. The largest absolute Gasteiger partial charge is 0.489 e. The Morgan fingerprint density at radius 3 is 2.62 bits per heavy atom. The standard InChI is InChI=1S/C24H19Cl2N3O5/c25-19-6-4-17(9-20(19)26)13-32-18-3-1-2-15(8-18)12-28-29-24(31)23(30)27-11-16-5-7-21-22(10-16)34-14-33-21/h1-10,12H,11,13-14H2,(H,27,30)(H,29,31)/b28-12-. The van der Waals surface area contributed by atoms with Crippen molar-refractivity contribution in [1.29, 1.82) is 0 Å². The predicted octanol–water partition coefficient (Wildman–Crippen LogP) is 4.07. The Kier molecular flexibility index (Phi) is 7.51. The Labute approximate surface area is 205 Å². The van der Waals surface area contributed by atoms with Gasteiger partial charge in [-0.2, -0.15) is 5.10 Å². The Balaban J connectivity index is 1.25. The smallest absolute Gasteiger partial charge is 0.329 e. The number of hydrazone groups is 1. The third-order valence-electron chi connectivity index (χ3n) is 4.72. The van der Waals surface area contributed by atoms with Crippen LogP contribution in [-0.2, 0) is 22.7 Å². The van der Waals surface area contributed by atoms with Gasteiger partial charge in [-0.25, -0.2) is 5.43 Å². The molecule has 2 amide bonds. The highest BCUT2D eigenvalue weighted by atomic mass is 35.5. The number of nitrogens with zero attached hydrogens (tertiary/aromatic N) is 1. The van der Waals surface area contributed by atoms with E-state index in [1.54, 1.807) is 54.6 Å². The zero-order valence-corrected chi connectivity index (χ0v) is 19.2. The molecule has 1 aliphatic rings. The van der Waals surface area contributed by atoms with Gasteiger partial charge >= 0.3 is 11.8 Å². The molecule has 3 aromatic rings. The molecule has 0 spiro atoms. The predicted molar refractivity (Wildman–Crippen MR) is 127 cm³/mol. The van der Waals surface area contributed by atoms with Crippen molar-refractivity contribution in [2.24, 2.45) is 5.10 Å². The summed E-state index contributed by atoms with van der Waals surface area (Å²) in [7, 11) is 0. The lowest BCUT2D eigenvalue weighted by molar-refractivity contribution is -0.139. The van der Waals surface area contributed by atoms with Crippen LogP contribution in [0.3, 0.4) is 0 Å². The van der Waals surface area contributed by atoms with Gasteiger partial charge in [0, 0.05) is 6.54 Å². The molecule has 174 valence electrons. The first kappa shape index (κ1) is 23.4. The van der Waals surface area contributed by atoms with Crippen LogP contribution < -0.4 is 25.0 Å². The normalized spacial score (nSPS) is 11.9. The molecule has 0 aliphatic carbocycles. The minimum atomic E-state index is -0.885. The van der Waals surface area contributed by atoms with E-state index in [9.17, 15) is 9.59 Å². The molecule has 0 bridgehead atoms. The van der Waals surface area contributed by atoms with Gasteiger partial charge in [-0.05, 0) is 53.1 Å². The molecule has 0 saturated heterocycles. The van der Waals surface area contributed by atoms with Crippen LogP contribution in [0.25, 0.3) is 0 Å². The van der Waals surface area contributed by atoms with E-state index >= 15 is 0 Å². The average Bonchev–Trinajstić information content (AvgIpc) is 3.31. The zero-order chi connectivity index (χ0) is 23.9. The number of nitrogens with one attached hydrogen (secondary N) is 2. The Morgan fingerprint density at radius 2 is 1.76 bits per heavy atom. The second-order valence-corrected chi connectivity index (χ2v) is 7.99. The van der Waals surface area contributed by atoms with E-state index < -0.39 is 11.8 Å². The van der Waals surface area contributed by atoms with Crippen LogP contribution in [0.2, 0.25) is 10.0 Å². The van der Waals surface area contributed by atoms with E-state index in [2.05, 4.69) is 15.8 Å². The summed E-state index contributed by atoms with van der Waals surface area (Å²) in [5.41, 5.74) is 4.52. The van der Waals surface area contributed by atoms with Crippen LogP contribution in [0.1, 0.15) is 16.7 Å². The van der Waals surface area contributed by atoms with E-state index in [4.69, 9.17) is 37.4 Å². The lowest BCUT2D eigenvalue weighted by atomic mass is 10.2. The summed E-state index contributed by atoms with van der Waals surface area (Å²) in [4.78, 5) is 24.0. The number of carbonyl (C=O) groups is 2.